The van der Waals surface area contributed by atoms with Crippen molar-refractivity contribution in [2.75, 3.05) is 31.5 Å². The van der Waals surface area contributed by atoms with Crippen LogP contribution in [-0.2, 0) is 9.59 Å². The second-order valence-electron chi connectivity index (χ2n) is 4.55. The van der Waals surface area contributed by atoms with E-state index in [0.717, 1.165) is 23.2 Å². The number of carbonyl (C=O) groups excluding carboxylic acids is 2. The number of anilines is 1. The average molecular weight is 356 g/mol. The van der Waals surface area contributed by atoms with Crippen molar-refractivity contribution >= 4 is 33.4 Å². The molecule has 0 aromatic heterocycles. The third-order valence-corrected chi connectivity index (χ3v) is 3.52. The van der Waals surface area contributed by atoms with Crippen LogP contribution in [0.4, 0.5) is 5.69 Å². The van der Waals surface area contributed by atoms with Gasteiger partial charge in [0.25, 0.3) is 0 Å². The molecule has 0 atom stereocenters. The topological polar surface area (TPSA) is 61.4 Å². The standard InChI is InChI=1S/C15H22BrN3O2/c1-3-19(4-2)15(21)8-9-17-11-14(20)18-13-7-5-6-12(16)10-13/h5-7,10,17H,3-4,8-9,11H2,1-2H3,(H,18,20). The van der Waals surface area contributed by atoms with Crippen LogP contribution in [0.25, 0.3) is 0 Å². The van der Waals surface area contributed by atoms with Gasteiger partial charge in [0, 0.05) is 36.2 Å². The molecular weight excluding hydrogens is 334 g/mol. The molecule has 0 aliphatic carbocycles. The lowest BCUT2D eigenvalue weighted by atomic mass is 10.3. The van der Waals surface area contributed by atoms with Crippen molar-refractivity contribution in [1.29, 1.82) is 0 Å². The number of nitrogens with zero attached hydrogens (tertiary/aromatic N) is 1. The van der Waals surface area contributed by atoms with Crippen molar-refractivity contribution < 1.29 is 9.59 Å². The van der Waals surface area contributed by atoms with E-state index in [0.29, 0.717) is 13.0 Å². The second kappa shape index (κ2) is 9.52. The van der Waals surface area contributed by atoms with Crippen molar-refractivity contribution in [1.82, 2.24) is 10.2 Å². The van der Waals surface area contributed by atoms with E-state index >= 15 is 0 Å². The maximum Gasteiger partial charge on any atom is 0.238 e. The van der Waals surface area contributed by atoms with Gasteiger partial charge in [-0.2, -0.15) is 0 Å². The van der Waals surface area contributed by atoms with Crippen LogP contribution >= 0.6 is 15.9 Å². The van der Waals surface area contributed by atoms with Gasteiger partial charge in [0.05, 0.1) is 6.54 Å². The summed E-state index contributed by atoms with van der Waals surface area (Å²) in [6, 6.07) is 7.41. The number of nitrogens with one attached hydrogen (secondary N) is 2. The SMILES string of the molecule is CCN(CC)C(=O)CCNCC(=O)Nc1cccc(Br)c1. The summed E-state index contributed by atoms with van der Waals surface area (Å²) in [4.78, 5) is 25.3. The Morgan fingerprint density at radius 3 is 2.57 bits per heavy atom. The molecule has 0 radical (unpaired) electrons. The Morgan fingerprint density at radius 1 is 1.24 bits per heavy atom. The van der Waals surface area contributed by atoms with Crippen molar-refractivity contribution in [2.24, 2.45) is 0 Å². The third-order valence-electron chi connectivity index (χ3n) is 3.03. The highest BCUT2D eigenvalue weighted by molar-refractivity contribution is 9.10. The molecule has 0 aliphatic rings. The lowest BCUT2D eigenvalue weighted by molar-refractivity contribution is -0.130. The quantitative estimate of drug-likeness (QED) is 0.703. The average Bonchev–Trinajstić information content (AvgIpc) is 2.45. The summed E-state index contributed by atoms with van der Waals surface area (Å²) in [7, 11) is 0. The number of halogens is 1. The number of amides is 2. The van der Waals surface area contributed by atoms with E-state index in [1.807, 2.05) is 38.1 Å². The van der Waals surface area contributed by atoms with Crippen LogP contribution in [-0.4, -0.2) is 42.9 Å². The normalized spacial score (nSPS) is 10.2. The largest absolute Gasteiger partial charge is 0.343 e. The van der Waals surface area contributed by atoms with Gasteiger partial charge in [-0.15, -0.1) is 0 Å². The summed E-state index contributed by atoms with van der Waals surface area (Å²) in [5.74, 6) is -0.0108. The molecule has 0 saturated carbocycles. The maximum atomic E-state index is 11.8. The molecule has 116 valence electrons. The molecule has 0 aliphatic heterocycles. The van der Waals surface area contributed by atoms with Gasteiger partial charge >= 0.3 is 0 Å². The molecular formula is C15H22BrN3O2. The molecule has 1 rings (SSSR count). The van der Waals surface area contributed by atoms with E-state index in [1.54, 1.807) is 4.90 Å². The molecule has 0 fully saturated rings. The molecule has 0 spiro atoms. The monoisotopic (exact) mass is 355 g/mol. The van der Waals surface area contributed by atoms with Crippen LogP contribution in [0, 0.1) is 0 Å². The zero-order valence-electron chi connectivity index (χ0n) is 12.5. The van der Waals surface area contributed by atoms with Crippen molar-refractivity contribution in [3.05, 3.63) is 28.7 Å². The number of rotatable bonds is 8. The van der Waals surface area contributed by atoms with Gasteiger partial charge in [-0.25, -0.2) is 0 Å². The van der Waals surface area contributed by atoms with Gasteiger partial charge in [-0.1, -0.05) is 22.0 Å². The van der Waals surface area contributed by atoms with Crippen LogP contribution in [0.2, 0.25) is 0 Å². The summed E-state index contributed by atoms with van der Waals surface area (Å²) >= 11 is 3.35. The summed E-state index contributed by atoms with van der Waals surface area (Å²) in [5.41, 5.74) is 0.746. The number of hydrogen-bond donors (Lipinski definition) is 2. The van der Waals surface area contributed by atoms with Crippen LogP contribution in [0.3, 0.4) is 0 Å². The fourth-order valence-corrected chi connectivity index (χ4v) is 2.30. The summed E-state index contributed by atoms with van der Waals surface area (Å²) in [6.45, 7) is 6.05. The lowest BCUT2D eigenvalue weighted by Gasteiger charge is -2.18. The predicted molar refractivity (Wildman–Crippen MR) is 88.2 cm³/mol. The summed E-state index contributed by atoms with van der Waals surface area (Å²) in [5, 5.41) is 5.77. The van der Waals surface area contributed by atoms with Gasteiger partial charge in [0.1, 0.15) is 0 Å². The molecule has 0 unspecified atom stereocenters. The van der Waals surface area contributed by atoms with Crippen molar-refractivity contribution in [3.8, 4) is 0 Å². The summed E-state index contributed by atoms with van der Waals surface area (Å²) in [6.07, 6.45) is 0.409. The molecule has 21 heavy (non-hydrogen) atoms. The van der Waals surface area contributed by atoms with Crippen LogP contribution in [0.15, 0.2) is 28.7 Å². The lowest BCUT2D eigenvalue weighted by Crippen LogP contribution is -2.34. The Balaban J connectivity index is 2.23. The van der Waals surface area contributed by atoms with Gasteiger partial charge in [-0.3, -0.25) is 9.59 Å². The fraction of sp³-hybridized carbons (Fsp3) is 0.467. The highest BCUT2D eigenvalue weighted by Crippen LogP contribution is 2.15. The zero-order chi connectivity index (χ0) is 15.7. The van der Waals surface area contributed by atoms with Crippen LogP contribution in [0.5, 0.6) is 0 Å². The van der Waals surface area contributed by atoms with E-state index in [2.05, 4.69) is 26.6 Å². The zero-order valence-corrected chi connectivity index (χ0v) is 14.1. The molecule has 0 saturated heterocycles. The smallest absolute Gasteiger partial charge is 0.238 e. The van der Waals surface area contributed by atoms with Crippen LogP contribution in [0.1, 0.15) is 20.3 Å². The highest BCUT2D eigenvalue weighted by atomic mass is 79.9. The predicted octanol–water partition coefficient (Wildman–Crippen LogP) is 2.24. The molecule has 2 amide bonds. The first-order chi connectivity index (χ1) is 10.1. The van der Waals surface area contributed by atoms with Gasteiger partial charge in [-0.05, 0) is 32.0 Å². The van der Waals surface area contributed by atoms with Crippen molar-refractivity contribution in [2.45, 2.75) is 20.3 Å². The molecule has 2 N–H and O–H groups in total. The fourth-order valence-electron chi connectivity index (χ4n) is 1.90. The minimum Gasteiger partial charge on any atom is -0.343 e. The molecule has 0 heterocycles. The Labute approximate surface area is 134 Å². The van der Waals surface area contributed by atoms with E-state index in [9.17, 15) is 9.59 Å². The molecule has 1 aromatic rings. The van der Waals surface area contributed by atoms with E-state index in [4.69, 9.17) is 0 Å². The maximum absolute atomic E-state index is 11.8. The minimum atomic E-state index is -0.122. The minimum absolute atomic E-state index is 0.111. The van der Waals surface area contributed by atoms with Crippen LogP contribution < -0.4 is 10.6 Å². The van der Waals surface area contributed by atoms with E-state index < -0.39 is 0 Å². The number of hydrogen-bond acceptors (Lipinski definition) is 3. The molecule has 5 nitrogen and oxygen atoms in total. The Hall–Kier alpha value is -1.40. The summed E-state index contributed by atoms with van der Waals surface area (Å²) < 4.78 is 0.915. The molecule has 0 bridgehead atoms. The first-order valence-corrected chi connectivity index (χ1v) is 7.90. The second-order valence-corrected chi connectivity index (χ2v) is 5.47. The Kier molecular flexibility index (Phi) is 8.00. The van der Waals surface area contributed by atoms with Crippen molar-refractivity contribution in [3.63, 3.8) is 0 Å². The Morgan fingerprint density at radius 2 is 1.95 bits per heavy atom. The van der Waals surface area contributed by atoms with Gasteiger partial charge in [0.2, 0.25) is 11.8 Å². The molecule has 1 aromatic carbocycles. The number of benzene rings is 1. The van der Waals surface area contributed by atoms with Gasteiger partial charge < -0.3 is 15.5 Å². The molecule has 6 heteroatoms. The Bertz CT molecular complexity index is 476. The van der Waals surface area contributed by atoms with E-state index in [1.165, 1.54) is 0 Å². The third kappa shape index (κ3) is 6.73. The number of carbonyl (C=O) groups is 2. The first-order valence-electron chi connectivity index (χ1n) is 7.10. The van der Waals surface area contributed by atoms with E-state index in [-0.39, 0.29) is 18.4 Å². The first kappa shape index (κ1) is 17.7. The van der Waals surface area contributed by atoms with Gasteiger partial charge in [0.15, 0.2) is 0 Å². The highest BCUT2D eigenvalue weighted by Gasteiger charge is 2.09.